The highest BCUT2D eigenvalue weighted by Gasteiger charge is 2.29. The van der Waals surface area contributed by atoms with E-state index in [0.717, 1.165) is 0 Å². The Morgan fingerprint density at radius 3 is 2.59 bits per heavy atom. The van der Waals surface area contributed by atoms with Crippen molar-refractivity contribution in [1.29, 1.82) is 0 Å². The zero-order valence-corrected chi connectivity index (χ0v) is 12.8. The van der Waals surface area contributed by atoms with Crippen LogP contribution in [-0.4, -0.2) is 26.9 Å². The van der Waals surface area contributed by atoms with Crippen molar-refractivity contribution in [3.8, 4) is 5.75 Å². The number of hydrogen-bond acceptors (Lipinski definition) is 3. The molecule has 0 saturated carbocycles. The molecule has 0 aliphatic heterocycles. The summed E-state index contributed by atoms with van der Waals surface area (Å²) in [5, 5.41) is 2.75. The first-order valence-corrected chi connectivity index (χ1v) is 8.24. The van der Waals surface area contributed by atoms with Gasteiger partial charge in [0.25, 0.3) is 5.71 Å². The molecule has 116 valence electrons. The maximum Gasteiger partial charge on any atom is 0.358 e. The summed E-state index contributed by atoms with van der Waals surface area (Å²) >= 11 is 0. The zero-order valence-electron chi connectivity index (χ0n) is 11.9. The monoisotopic (exact) mass is 321 g/mol. The summed E-state index contributed by atoms with van der Waals surface area (Å²) in [6.45, 7) is 2.45. The van der Waals surface area contributed by atoms with Crippen LogP contribution in [0.5, 0.6) is 5.75 Å². The highest BCUT2D eigenvalue weighted by atomic mass is 31.2. The van der Waals surface area contributed by atoms with Crippen molar-refractivity contribution in [2.75, 3.05) is 11.9 Å². The third-order valence-electron chi connectivity index (χ3n) is 2.98. The van der Waals surface area contributed by atoms with Crippen LogP contribution in [0.25, 0.3) is 5.53 Å². The molecule has 0 atom stereocenters. The zero-order chi connectivity index (χ0) is 16.2. The number of allylic oxidation sites excluding steroid dienone is 3. The third kappa shape index (κ3) is 3.93. The van der Waals surface area contributed by atoms with Crippen LogP contribution in [0.2, 0.25) is 0 Å². The van der Waals surface area contributed by atoms with Gasteiger partial charge in [-0.1, -0.05) is 0 Å². The van der Waals surface area contributed by atoms with E-state index in [9.17, 15) is 14.4 Å². The smallest absolute Gasteiger partial charge is 0.358 e. The van der Waals surface area contributed by atoms with Crippen LogP contribution in [0.15, 0.2) is 47.4 Å². The Morgan fingerprint density at radius 2 is 2.05 bits per heavy atom. The van der Waals surface area contributed by atoms with Gasteiger partial charge in [0.15, 0.2) is 0 Å². The quantitative estimate of drug-likeness (QED) is 0.438. The van der Waals surface area contributed by atoms with E-state index in [1.54, 1.807) is 30.3 Å². The molecular formula is C14H16N3O4P. The average Bonchev–Trinajstić information content (AvgIpc) is 2.49. The van der Waals surface area contributed by atoms with Gasteiger partial charge in [-0.25, -0.2) is 0 Å². The van der Waals surface area contributed by atoms with Crippen molar-refractivity contribution in [1.82, 2.24) is 0 Å². The molecule has 2 rings (SSSR count). The summed E-state index contributed by atoms with van der Waals surface area (Å²) in [6.07, 6.45) is 3.04. The van der Waals surface area contributed by atoms with Gasteiger partial charge in [-0.15, -0.1) is 0 Å². The number of rotatable bonds is 5. The molecule has 1 aromatic carbocycles. The van der Waals surface area contributed by atoms with Crippen molar-refractivity contribution in [2.24, 2.45) is 0 Å². The number of anilines is 1. The second-order valence-corrected chi connectivity index (χ2v) is 6.14. The van der Waals surface area contributed by atoms with Crippen LogP contribution >= 0.6 is 7.60 Å². The van der Waals surface area contributed by atoms with Crippen molar-refractivity contribution < 1.29 is 23.9 Å². The maximum atomic E-state index is 11.6. The van der Waals surface area contributed by atoms with Crippen molar-refractivity contribution in [3.63, 3.8) is 0 Å². The summed E-state index contributed by atoms with van der Waals surface area (Å²) in [7, 11) is -4.49. The van der Waals surface area contributed by atoms with Gasteiger partial charge in [0.05, 0.1) is 24.0 Å². The fraction of sp³-hybridized carbons (Fsp3) is 0.214. The van der Waals surface area contributed by atoms with Crippen LogP contribution in [0.3, 0.4) is 0 Å². The van der Waals surface area contributed by atoms with Crippen LogP contribution in [0.1, 0.15) is 13.3 Å². The molecule has 0 fully saturated rings. The molecule has 0 saturated heterocycles. The standard InChI is InChI=1S/C14H16N3O4P/c1-2-21-12-6-3-10(4-7-12)16-13-8-5-11(17-15)9-14(13)22(18,19)20/h3-4,6-9,16H,2,5H2,1H3,(H2,18,19,20). The number of nitrogens with one attached hydrogen (secondary N) is 1. The van der Waals surface area contributed by atoms with Gasteiger partial charge in [0.1, 0.15) is 5.75 Å². The molecule has 1 aliphatic carbocycles. The van der Waals surface area contributed by atoms with E-state index in [1.807, 2.05) is 6.92 Å². The molecule has 0 unspecified atom stereocenters. The molecule has 0 spiro atoms. The first kappa shape index (κ1) is 16.2. The Balaban J connectivity index is 2.24. The molecule has 1 aromatic rings. The van der Waals surface area contributed by atoms with Gasteiger partial charge < -0.3 is 25.4 Å². The van der Waals surface area contributed by atoms with Crippen LogP contribution in [0, 0.1) is 0 Å². The van der Waals surface area contributed by atoms with Gasteiger partial charge in [-0.2, -0.15) is 4.79 Å². The molecular weight excluding hydrogens is 305 g/mol. The minimum atomic E-state index is -4.49. The van der Waals surface area contributed by atoms with Gasteiger partial charge in [-0.3, -0.25) is 4.57 Å². The number of hydrogen-bond donors (Lipinski definition) is 3. The Kier molecular flexibility index (Phi) is 4.96. The lowest BCUT2D eigenvalue weighted by Gasteiger charge is -2.17. The predicted molar refractivity (Wildman–Crippen MR) is 82.7 cm³/mol. The molecule has 3 N–H and O–H groups in total. The highest BCUT2D eigenvalue weighted by Crippen LogP contribution is 2.49. The predicted octanol–water partition coefficient (Wildman–Crippen LogP) is 2.52. The summed E-state index contributed by atoms with van der Waals surface area (Å²) in [5.41, 5.74) is 9.91. The Bertz CT molecular complexity index is 712. The van der Waals surface area contributed by atoms with Crippen molar-refractivity contribution in [2.45, 2.75) is 13.3 Å². The van der Waals surface area contributed by atoms with Crippen LogP contribution in [-0.2, 0) is 4.57 Å². The van der Waals surface area contributed by atoms with Gasteiger partial charge in [0.2, 0.25) is 0 Å². The van der Waals surface area contributed by atoms with Gasteiger partial charge in [-0.05, 0) is 37.3 Å². The maximum absolute atomic E-state index is 11.6. The Hall–Kier alpha value is -2.17. The van der Waals surface area contributed by atoms with E-state index in [4.69, 9.17) is 10.3 Å². The summed E-state index contributed by atoms with van der Waals surface area (Å²) in [5.74, 6) is 0.714. The molecule has 8 heteroatoms. The molecule has 0 heterocycles. The fourth-order valence-electron chi connectivity index (χ4n) is 1.99. The van der Waals surface area contributed by atoms with E-state index < -0.39 is 7.60 Å². The van der Waals surface area contributed by atoms with E-state index in [-0.39, 0.29) is 17.4 Å². The van der Waals surface area contributed by atoms with E-state index >= 15 is 0 Å². The number of ether oxygens (including phenoxy) is 1. The highest BCUT2D eigenvalue weighted by molar-refractivity contribution is 7.57. The van der Waals surface area contributed by atoms with Crippen molar-refractivity contribution >= 4 is 19.0 Å². The molecule has 22 heavy (non-hydrogen) atoms. The first-order chi connectivity index (χ1) is 10.4. The normalized spacial score (nSPS) is 14.8. The summed E-state index contributed by atoms with van der Waals surface area (Å²) in [6, 6.07) is 7.02. The van der Waals surface area contributed by atoms with E-state index in [0.29, 0.717) is 23.7 Å². The van der Waals surface area contributed by atoms with E-state index in [1.165, 1.54) is 6.08 Å². The number of benzene rings is 1. The lowest BCUT2D eigenvalue weighted by atomic mass is 10.1. The first-order valence-electron chi connectivity index (χ1n) is 6.63. The van der Waals surface area contributed by atoms with E-state index in [2.05, 4.69) is 10.1 Å². The lowest BCUT2D eigenvalue weighted by molar-refractivity contribution is -0.00546. The largest absolute Gasteiger partial charge is 0.494 e. The Labute approximate surface area is 127 Å². The summed E-state index contributed by atoms with van der Waals surface area (Å²) in [4.78, 5) is 21.8. The second kappa shape index (κ2) is 6.73. The fourth-order valence-corrected chi connectivity index (χ4v) is 2.77. The molecule has 1 aliphatic rings. The second-order valence-electron chi connectivity index (χ2n) is 4.57. The van der Waals surface area contributed by atoms with Crippen LogP contribution in [0.4, 0.5) is 5.69 Å². The van der Waals surface area contributed by atoms with Gasteiger partial charge in [0, 0.05) is 11.8 Å². The molecule has 0 aromatic heterocycles. The molecule has 0 amide bonds. The van der Waals surface area contributed by atoms with Crippen LogP contribution < -0.4 is 10.1 Å². The Morgan fingerprint density at radius 1 is 1.36 bits per heavy atom. The topological polar surface area (TPSA) is 115 Å². The summed E-state index contributed by atoms with van der Waals surface area (Å²) < 4.78 is 16.9. The van der Waals surface area contributed by atoms with Crippen molar-refractivity contribution in [3.05, 3.63) is 53.0 Å². The number of nitrogens with zero attached hydrogens (tertiary/aromatic N) is 2. The lowest BCUT2D eigenvalue weighted by Crippen LogP contribution is -2.11. The molecule has 0 bridgehead atoms. The molecule has 0 radical (unpaired) electrons. The minimum Gasteiger partial charge on any atom is -0.494 e. The minimum absolute atomic E-state index is 0.190. The SMILES string of the molecule is CCOc1ccc(NC2=CCC(=[N+]=[N-])C=C2P(=O)(O)O)cc1. The molecule has 7 nitrogen and oxygen atoms in total. The van der Waals surface area contributed by atoms with Gasteiger partial charge >= 0.3 is 7.60 Å². The third-order valence-corrected chi connectivity index (χ3v) is 3.98. The average molecular weight is 321 g/mol.